The zero-order valence-electron chi connectivity index (χ0n) is 18.0. The summed E-state index contributed by atoms with van der Waals surface area (Å²) in [6.07, 6.45) is 4.77. The van der Waals surface area contributed by atoms with Crippen LogP contribution < -0.4 is 10.5 Å². The van der Waals surface area contributed by atoms with E-state index in [4.69, 9.17) is 5.73 Å². The predicted molar refractivity (Wildman–Crippen MR) is 123 cm³/mol. The number of hydrogen-bond donors (Lipinski definition) is 2. The third-order valence-electron chi connectivity index (χ3n) is 5.20. The van der Waals surface area contributed by atoms with Gasteiger partial charge in [-0.3, -0.25) is 0 Å². The molecule has 2 aromatic rings. The van der Waals surface area contributed by atoms with E-state index in [0.717, 1.165) is 23.3 Å². The molecular formula is C23H32N2O2S2. The number of thiophene rings is 1. The van der Waals surface area contributed by atoms with Crippen LogP contribution in [0.3, 0.4) is 0 Å². The molecule has 0 unspecified atom stereocenters. The number of unbranched alkanes of at least 4 members (excludes halogenated alkanes) is 2. The quantitative estimate of drug-likeness (QED) is 0.470. The fraction of sp³-hybridized carbons (Fsp3) is 0.478. The highest BCUT2D eigenvalue weighted by Gasteiger charge is 2.37. The second kappa shape index (κ2) is 9.44. The van der Waals surface area contributed by atoms with Gasteiger partial charge in [-0.15, -0.1) is 11.3 Å². The summed E-state index contributed by atoms with van der Waals surface area (Å²) in [6.45, 7) is 9.37. The molecule has 4 nitrogen and oxygen atoms in total. The maximum absolute atomic E-state index is 12.7. The average molecular weight is 433 g/mol. The Balaban J connectivity index is 2.09. The Kier molecular flexibility index (Phi) is 7.69. The zero-order valence-corrected chi connectivity index (χ0v) is 19.6. The van der Waals surface area contributed by atoms with Crippen molar-refractivity contribution in [2.75, 3.05) is 0 Å². The largest absolute Gasteiger partial charge is 0.324 e. The van der Waals surface area contributed by atoms with Crippen LogP contribution in [0.5, 0.6) is 0 Å². The van der Waals surface area contributed by atoms with Gasteiger partial charge < -0.3 is 5.73 Å². The number of benzene rings is 1. The van der Waals surface area contributed by atoms with E-state index >= 15 is 0 Å². The van der Waals surface area contributed by atoms with E-state index in [1.165, 1.54) is 24.8 Å². The average Bonchev–Trinajstić information content (AvgIpc) is 3.09. The zero-order chi connectivity index (χ0) is 21.7. The summed E-state index contributed by atoms with van der Waals surface area (Å²) in [6, 6.07) is 11.6. The molecule has 0 radical (unpaired) electrons. The van der Waals surface area contributed by atoms with Crippen molar-refractivity contribution in [2.24, 2.45) is 5.73 Å². The summed E-state index contributed by atoms with van der Waals surface area (Å²) in [5.41, 5.74) is 6.86. The van der Waals surface area contributed by atoms with Gasteiger partial charge in [0, 0.05) is 16.6 Å². The first-order valence-corrected chi connectivity index (χ1v) is 12.3. The Morgan fingerprint density at radius 2 is 1.66 bits per heavy atom. The van der Waals surface area contributed by atoms with Gasteiger partial charge in [0.1, 0.15) is 4.21 Å². The molecule has 0 fully saturated rings. The normalized spacial score (nSPS) is 12.5. The van der Waals surface area contributed by atoms with E-state index < -0.39 is 21.1 Å². The molecule has 0 aliphatic carbocycles. The van der Waals surface area contributed by atoms with Crippen LogP contribution in [0, 0.1) is 11.8 Å². The molecule has 3 N–H and O–H groups in total. The van der Waals surface area contributed by atoms with E-state index in [-0.39, 0.29) is 4.21 Å². The Bertz CT molecular complexity index is 970. The third kappa shape index (κ3) is 6.68. The lowest BCUT2D eigenvalue weighted by atomic mass is 9.85. The fourth-order valence-electron chi connectivity index (χ4n) is 2.52. The monoisotopic (exact) mass is 432 g/mol. The number of rotatable bonds is 8. The maximum Gasteiger partial charge on any atom is 0.250 e. The van der Waals surface area contributed by atoms with Crippen molar-refractivity contribution in [3.05, 3.63) is 52.4 Å². The van der Waals surface area contributed by atoms with Crippen LogP contribution in [0.1, 0.15) is 69.9 Å². The standard InChI is InChI=1S/C23H32N2O2S2/c1-6-7-8-9-18-10-12-19(13-11-18)14-15-20-16-17-21(28-20)29(26,27)25-23(4,5)22(2,3)24/h10-13,16-17,25H,6-9,24H2,1-5H3. The van der Waals surface area contributed by atoms with E-state index in [0.29, 0.717) is 4.88 Å². The molecule has 1 heterocycles. The molecule has 158 valence electrons. The molecule has 0 spiro atoms. The van der Waals surface area contributed by atoms with Crippen molar-refractivity contribution in [3.8, 4) is 11.8 Å². The van der Waals surface area contributed by atoms with Crippen molar-refractivity contribution in [2.45, 2.75) is 75.6 Å². The first-order valence-electron chi connectivity index (χ1n) is 9.98. The number of sulfonamides is 1. The molecule has 2 rings (SSSR count). The van der Waals surface area contributed by atoms with E-state index in [1.807, 2.05) is 12.1 Å². The second-order valence-corrected chi connectivity index (χ2v) is 11.5. The van der Waals surface area contributed by atoms with Crippen molar-refractivity contribution < 1.29 is 8.42 Å². The van der Waals surface area contributed by atoms with Crippen LogP contribution in [0.15, 0.2) is 40.6 Å². The first-order chi connectivity index (χ1) is 13.4. The Morgan fingerprint density at radius 1 is 1.00 bits per heavy atom. The molecule has 0 amide bonds. The number of hydrogen-bond acceptors (Lipinski definition) is 4. The molecule has 0 aliphatic rings. The topological polar surface area (TPSA) is 72.2 Å². The van der Waals surface area contributed by atoms with E-state index in [1.54, 1.807) is 39.8 Å². The summed E-state index contributed by atoms with van der Waals surface area (Å²) in [7, 11) is -3.66. The highest BCUT2D eigenvalue weighted by atomic mass is 32.2. The molecule has 1 aromatic heterocycles. The van der Waals surface area contributed by atoms with Gasteiger partial charge in [-0.25, -0.2) is 13.1 Å². The summed E-state index contributed by atoms with van der Waals surface area (Å²) >= 11 is 1.16. The smallest absolute Gasteiger partial charge is 0.250 e. The molecular weight excluding hydrogens is 400 g/mol. The van der Waals surface area contributed by atoms with E-state index in [9.17, 15) is 8.42 Å². The van der Waals surface area contributed by atoms with Crippen LogP contribution >= 0.6 is 11.3 Å². The van der Waals surface area contributed by atoms with Crippen LogP contribution in [-0.4, -0.2) is 19.5 Å². The third-order valence-corrected chi connectivity index (χ3v) is 8.35. The van der Waals surface area contributed by atoms with Gasteiger partial charge in [-0.05, 0) is 70.4 Å². The highest BCUT2D eigenvalue weighted by Crippen LogP contribution is 2.25. The minimum atomic E-state index is -3.66. The van der Waals surface area contributed by atoms with Gasteiger partial charge in [0.25, 0.3) is 10.0 Å². The van der Waals surface area contributed by atoms with Gasteiger partial charge >= 0.3 is 0 Å². The van der Waals surface area contributed by atoms with Crippen LogP contribution in [0.25, 0.3) is 0 Å². The second-order valence-electron chi connectivity index (χ2n) is 8.47. The fourth-order valence-corrected chi connectivity index (χ4v) is 5.22. The molecule has 0 saturated heterocycles. The first kappa shape index (κ1) is 23.6. The summed E-state index contributed by atoms with van der Waals surface area (Å²) < 4.78 is 28.4. The van der Waals surface area contributed by atoms with Gasteiger partial charge in [0.15, 0.2) is 0 Å². The number of aryl methyl sites for hydroxylation is 1. The number of nitrogens with one attached hydrogen (secondary N) is 1. The van der Waals surface area contributed by atoms with Crippen molar-refractivity contribution in [1.29, 1.82) is 0 Å². The highest BCUT2D eigenvalue weighted by molar-refractivity contribution is 7.91. The summed E-state index contributed by atoms with van der Waals surface area (Å²) in [5.74, 6) is 6.19. The molecule has 6 heteroatoms. The van der Waals surface area contributed by atoms with Gasteiger partial charge in [-0.1, -0.05) is 43.7 Å². The maximum atomic E-state index is 12.7. The minimum absolute atomic E-state index is 0.241. The SMILES string of the molecule is CCCCCc1ccc(C#Cc2ccc(S(=O)(=O)NC(C)(C)C(C)(C)N)s2)cc1. The summed E-state index contributed by atoms with van der Waals surface area (Å²) in [4.78, 5) is 0.710. The van der Waals surface area contributed by atoms with E-state index in [2.05, 4.69) is 35.6 Å². The van der Waals surface area contributed by atoms with Gasteiger partial charge in [-0.2, -0.15) is 0 Å². The molecule has 0 aliphatic heterocycles. The predicted octanol–water partition coefficient (Wildman–Crippen LogP) is 4.67. The Labute approximate surface area is 180 Å². The van der Waals surface area contributed by atoms with Crippen molar-refractivity contribution >= 4 is 21.4 Å². The van der Waals surface area contributed by atoms with Crippen LogP contribution in [0.2, 0.25) is 0 Å². The minimum Gasteiger partial charge on any atom is -0.324 e. The number of nitrogens with two attached hydrogens (primary N) is 1. The molecule has 0 saturated carbocycles. The molecule has 1 aromatic carbocycles. The van der Waals surface area contributed by atoms with Gasteiger partial charge in [0.2, 0.25) is 0 Å². The lowest BCUT2D eigenvalue weighted by Gasteiger charge is -2.38. The Hall–Kier alpha value is -1.65. The lowest BCUT2D eigenvalue weighted by molar-refractivity contribution is 0.281. The lowest BCUT2D eigenvalue weighted by Crippen LogP contribution is -2.62. The summed E-state index contributed by atoms with van der Waals surface area (Å²) in [5, 5.41) is 0. The van der Waals surface area contributed by atoms with Crippen LogP contribution in [-0.2, 0) is 16.4 Å². The van der Waals surface area contributed by atoms with Crippen LogP contribution in [0.4, 0.5) is 0 Å². The Morgan fingerprint density at radius 3 is 2.24 bits per heavy atom. The molecule has 0 atom stereocenters. The molecule has 29 heavy (non-hydrogen) atoms. The molecule has 0 bridgehead atoms. The van der Waals surface area contributed by atoms with Gasteiger partial charge in [0.05, 0.1) is 4.88 Å². The van der Waals surface area contributed by atoms with Crippen molar-refractivity contribution in [1.82, 2.24) is 4.72 Å². The van der Waals surface area contributed by atoms with Crippen molar-refractivity contribution in [3.63, 3.8) is 0 Å².